The van der Waals surface area contributed by atoms with Gasteiger partial charge in [0, 0.05) is 65.3 Å². The summed E-state index contributed by atoms with van der Waals surface area (Å²) in [6.45, 7) is 4.34. The minimum absolute atomic E-state index is 0. The summed E-state index contributed by atoms with van der Waals surface area (Å²) in [4.78, 5) is 0. The van der Waals surface area contributed by atoms with Crippen molar-refractivity contribution >= 4 is 0 Å². The monoisotopic (exact) mass is 480 g/mol. The van der Waals surface area contributed by atoms with Gasteiger partial charge in [0.05, 0.1) is 13.2 Å². The molecule has 0 aromatic carbocycles. The van der Waals surface area contributed by atoms with Crippen molar-refractivity contribution in [2.75, 3.05) is 74.2 Å². The number of aliphatic hydroxyl groups is 6. The summed E-state index contributed by atoms with van der Waals surface area (Å²) >= 11 is 0. The first-order valence-electron chi connectivity index (χ1n) is 11.7. The fourth-order valence-corrected chi connectivity index (χ4v) is 1.88. The van der Waals surface area contributed by atoms with Crippen LogP contribution in [0.25, 0.3) is 0 Å². The van der Waals surface area contributed by atoms with E-state index >= 15 is 0 Å². The zero-order valence-corrected chi connectivity index (χ0v) is 21.1. The molecule has 0 bridgehead atoms. The number of aliphatic hydroxyl groups excluding tert-OH is 5. The van der Waals surface area contributed by atoms with E-state index in [1.807, 2.05) is 0 Å². The van der Waals surface area contributed by atoms with Crippen LogP contribution in [0.1, 0.15) is 75.4 Å². The lowest BCUT2D eigenvalue weighted by atomic mass is 10.0. The van der Waals surface area contributed by atoms with Crippen molar-refractivity contribution in [2.45, 2.75) is 76.7 Å². The van der Waals surface area contributed by atoms with E-state index in [4.69, 9.17) is 44.8 Å². The molecule has 0 saturated carbocycles. The summed E-state index contributed by atoms with van der Waals surface area (Å²) in [5, 5.41) is 50.7. The third kappa shape index (κ3) is 43.5. The highest BCUT2D eigenvalue weighted by Gasteiger charge is 2.21. The van der Waals surface area contributed by atoms with Crippen molar-refractivity contribution in [1.82, 2.24) is 0 Å². The third-order valence-electron chi connectivity index (χ3n) is 4.27. The third-order valence-corrected chi connectivity index (χ3v) is 4.27. The predicted octanol–water partition coefficient (Wildman–Crippen LogP) is 2.24. The molecule has 0 atom stereocenters. The molecule has 9 heteroatoms. The summed E-state index contributed by atoms with van der Waals surface area (Å²) in [5.74, 6) is 0. The number of hydrogen-bond donors (Lipinski definition) is 6. The molecule has 32 heavy (non-hydrogen) atoms. The molecular weight excluding hydrogens is 420 g/mol. The molecular formula is C23H60O9. The zero-order chi connectivity index (χ0) is 25.3. The highest BCUT2D eigenvalue weighted by Crippen LogP contribution is 2.05. The first-order valence-corrected chi connectivity index (χ1v) is 11.7. The summed E-state index contributed by atoms with van der Waals surface area (Å²) in [5.41, 5.74) is -1.26. The van der Waals surface area contributed by atoms with Gasteiger partial charge in [-0.3, -0.25) is 0 Å². The normalized spacial score (nSPS) is 10.3. The van der Waals surface area contributed by atoms with Crippen LogP contribution in [0.4, 0.5) is 0 Å². The molecule has 0 unspecified atom stereocenters. The van der Waals surface area contributed by atoms with Gasteiger partial charge in [0.2, 0.25) is 0 Å². The topological polar surface area (TPSA) is 149 Å². The van der Waals surface area contributed by atoms with Gasteiger partial charge < -0.3 is 44.8 Å². The fraction of sp³-hybridized carbons (Fsp3) is 1.00. The van der Waals surface area contributed by atoms with Crippen molar-refractivity contribution in [3.8, 4) is 0 Å². The van der Waals surface area contributed by atoms with Crippen LogP contribution in [0, 0.1) is 0 Å². The second-order valence-corrected chi connectivity index (χ2v) is 7.23. The van der Waals surface area contributed by atoms with E-state index in [0.717, 1.165) is 77.6 Å². The maximum Gasteiger partial charge on any atom is 0.110 e. The Morgan fingerprint density at radius 2 is 0.812 bits per heavy atom. The second kappa shape index (κ2) is 37.9. The molecule has 0 fully saturated rings. The summed E-state index contributed by atoms with van der Waals surface area (Å²) in [6, 6.07) is 0. The molecule has 0 radical (unpaired) electrons. The van der Waals surface area contributed by atoms with Crippen molar-refractivity contribution < 1.29 is 49.1 Å². The van der Waals surface area contributed by atoms with Crippen LogP contribution in [0.5, 0.6) is 0 Å². The van der Waals surface area contributed by atoms with Crippen LogP contribution < -0.4 is 0 Å². The molecule has 9 nitrogen and oxygen atoms in total. The van der Waals surface area contributed by atoms with Gasteiger partial charge >= 0.3 is 0 Å². The van der Waals surface area contributed by atoms with Crippen molar-refractivity contribution in [2.24, 2.45) is 0 Å². The Hall–Kier alpha value is -0.360. The summed E-state index contributed by atoms with van der Waals surface area (Å²) < 4.78 is 14.4. The molecule has 0 aromatic heterocycles. The Kier molecular flexibility index (Phi) is 46.1. The van der Waals surface area contributed by atoms with Gasteiger partial charge in [0.25, 0.3) is 0 Å². The average Bonchev–Trinajstić information content (AvgIpc) is 2.83. The van der Waals surface area contributed by atoms with Crippen molar-refractivity contribution in [1.29, 1.82) is 0 Å². The number of methoxy groups -OCH3 is 3. The van der Waals surface area contributed by atoms with Crippen molar-refractivity contribution in [3.05, 3.63) is 0 Å². The van der Waals surface area contributed by atoms with Crippen LogP contribution in [-0.4, -0.2) is 110 Å². The van der Waals surface area contributed by atoms with Gasteiger partial charge in [-0.05, 0) is 64.2 Å². The quantitative estimate of drug-likeness (QED) is 0.162. The fourth-order valence-electron chi connectivity index (χ4n) is 1.88. The highest BCUT2D eigenvalue weighted by molar-refractivity contribution is 4.72. The van der Waals surface area contributed by atoms with Crippen LogP contribution in [0.2, 0.25) is 0 Å². The van der Waals surface area contributed by atoms with E-state index in [1.54, 1.807) is 28.3 Å². The molecule has 0 aliphatic carbocycles. The Bertz CT molecular complexity index is 238. The first-order chi connectivity index (χ1) is 15.4. The van der Waals surface area contributed by atoms with Gasteiger partial charge in [-0.2, -0.15) is 0 Å². The predicted molar refractivity (Wildman–Crippen MR) is 134 cm³/mol. The maximum absolute atomic E-state index is 8.94. The van der Waals surface area contributed by atoms with Crippen LogP contribution in [-0.2, 0) is 14.2 Å². The van der Waals surface area contributed by atoms with E-state index in [1.165, 1.54) is 0 Å². The molecule has 0 aliphatic rings. The Labute approximate surface area is 200 Å². The smallest absolute Gasteiger partial charge is 0.110 e. The Morgan fingerprint density at radius 3 is 0.938 bits per heavy atom. The van der Waals surface area contributed by atoms with Crippen LogP contribution >= 0.6 is 0 Å². The van der Waals surface area contributed by atoms with E-state index in [0.29, 0.717) is 26.2 Å². The standard InChI is InChI=1S/3C6H14O2.C5H12O3.3H2/c3*1-8-6-4-2-3-5-7;1-2-5(8,3-6)4-7;;;/h3*7H,2-6H2,1H3;6-8H,2-4H2,1H3;3*1H. The van der Waals surface area contributed by atoms with Gasteiger partial charge in [0.1, 0.15) is 5.60 Å². The van der Waals surface area contributed by atoms with Gasteiger partial charge in [-0.1, -0.05) is 6.92 Å². The minimum Gasteiger partial charge on any atom is -0.396 e. The number of hydrogen-bond acceptors (Lipinski definition) is 9. The number of ether oxygens (including phenoxy) is 3. The van der Waals surface area contributed by atoms with E-state index < -0.39 is 5.60 Å². The highest BCUT2D eigenvalue weighted by atomic mass is 16.5. The molecule has 0 amide bonds. The lowest BCUT2D eigenvalue weighted by Gasteiger charge is -2.19. The zero-order valence-electron chi connectivity index (χ0n) is 21.1. The van der Waals surface area contributed by atoms with Gasteiger partial charge in [-0.15, -0.1) is 0 Å². The Morgan fingerprint density at radius 1 is 0.531 bits per heavy atom. The molecule has 0 saturated heterocycles. The number of rotatable bonds is 18. The van der Waals surface area contributed by atoms with Crippen LogP contribution in [0.15, 0.2) is 0 Å². The molecule has 0 heterocycles. The van der Waals surface area contributed by atoms with Gasteiger partial charge in [0.15, 0.2) is 0 Å². The molecule has 0 aromatic rings. The van der Waals surface area contributed by atoms with E-state index in [2.05, 4.69) is 0 Å². The Balaban J connectivity index is -0.0000000581. The van der Waals surface area contributed by atoms with Crippen molar-refractivity contribution in [3.63, 3.8) is 0 Å². The molecule has 0 aliphatic heterocycles. The van der Waals surface area contributed by atoms with E-state index in [9.17, 15) is 0 Å². The lowest BCUT2D eigenvalue weighted by Crippen LogP contribution is -2.36. The largest absolute Gasteiger partial charge is 0.396 e. The first kappa shape index (κ1) is 38.9. The maximum atomic E-state index is 8.94. The molecule has 206 valence electrons. The van der Waals surface area contributed by atoms with E-state index in [-0.39, 0.29) is 17.5 Å². The molecule has 0 spiro atoms. The molecule has 6 N–H and O–H groups in total. The summed E-state index contributed by atoms with van der Waals surface area (Å²) in [7, 11) is 5.08. The van der Waals surface area contributed by atoms with Crippen LogP contribution in [0.3, 0.4) is 0 Å². The summed E-state index contributed by atoms with van der Waals surface area (Å²) in [6.07, 6.45) is 9.51. The average molecular weight is 481 g/mol. The minimum atomic E-state index is -1.26. The second-order valence-electron chi connectivity index (χ2n) is 7.23. The van der Waals surface area contributed by atoms with Gasteiger partial charge in [-0.25, -0.2) is 0 Å². The lowest BCUT2D eigenvalue weighted by molar-refractivity contribution is -0.0568. The molecule has 0 rings (SSSR count). The SMILES string of the molecule is CCC(O)(CO)CO.COCCCCCO.COCCCCCO.COCCCCCO.[HH].[HH].[HH]. The number of unbranched alkanes of at least 4 members (excludes halogenated alkanes) is 6.